The summed E-state index contributed by atoms with van der Waals surface area (Å²) in [5.74, 6) is -0.825. The molecular formula is C13H15FN2O3S. The molecule has 0 radical (unpaired) electrons. The third kappa shape index (κ3) is 2.68. The van der Waals surface area contributed by atoms with Crippen molar-refractivity contribution >= 4 is 10.0 Å². The number of halogens is 1. The first-order valence-electron chi connectivity index (χ1n) is 6.22. The lowest BCUT2D eigenvalue weighted by atomic mass is 10.1. The van der Waals surface area contributed by atoms with Crippen molar-refractivity contribution in [3.63, 3.8) is 0 Å². The van der Waals surface area contributed by atoms with Crippen molar-refractivity contribution in [2.24, 2.45) is 0 Å². The number of sulfonamides is 1. The molecule has 0 aromatic heterocycles. The van der Waals surface area contributed by atoms with Gasteiger partial charge in [-0.05, 0) is 25.0 Å². The zero-order valence-electron chi connectivity index (χ0n) is 11.0. The summed E-state index contributed by atoms with van der Waals surface area (Å²) < 4.78 is 45.1. The number of ether oxygens (including phenoxy) is 1. The lowest BCUT2D eigenvalue weighted by molar-refractivity contribution is 0.0572. The fraction of sp³-hybridized carbons (Fsp3) is 0.462. The van der Waals surface area contributed by atoms with Crippen molar-refractivity contribution < 1.29 is 17.5 Å². The van der Waals surface area contributed by atoms with E-state index >= 15 is 0 Å². The number of piperidine rings is 1. The predicted octanol–water partition coefficient (Wildman–Crippen LogP) is 1.50. The normalized spacial score (nSPS) is 20.6. The van der Waals surface area contributed by atoms with Gasteiger partial charge in [-0.15, -0.1) is 0 Å². The fourth-order valence-electron chi connectivity index (χ4n) is 2.28. The Morgan fingerprint density at radius 2 is 2.25 bits per heavy atom. The molecule has 1 aliphatic heterocycles. The van der Waals surface area contributed by atoms with Gasteiger partial charge in [-0.3, -0.25) is 0 Å². The summed E-state index contributed by atoms with van der Waals surface area (Å²) in [6.45, 7) is 0.573. The number of nitriles is 1. The van der Waals surface area contributed by atoms with Gasteiger partial charge >= 0.3 is 0 Å². The van der Waals surface area contributed by atoms with Gasteiger partial charge in [-0.2, -0.15) is 9.57 Å². The Balaban J connectivity index is 2.41. The molecule has 1 heterocycles. The highest BCUT2D eigenvalue weighted by molar-refractivity contribution is 7.89. The minimum Gasteiger partial charge on any atom is -0.380 e. The van der Waals surface area contributed by atoms with Gasteiger partial charge in [0.05, 0.1) is 6.10 Å². The van der Waals surface area contributed by atoms with E-state index in [1.165, 1.54) is 23.5 Å². The second-order valence-electron chi connectivity index (χ2n) is 4.59. The number of hydrogen-bond donors (Lipinski definition) is 0. The van der Waals surface area contributed by atoms with Crippen LogP contribution in [0, 0.1) is 17.1 Å². The lowest BCUT2D eigenvalue weighted by Gasteiger charge is -2.31. The molecule has 0 saturated carbocycles. The fourth-order valence-corrected chi connectivity index (χ4v) is 3.94. The molecule has 7 heteroatoms. The van der Waals surface area contributed by atoms with Crippen LogP contribution < -0.4 is 0 Å². The van der Waals surface area contributed by atoms with Crippen LogP contribution in [-0.2, 0) is 14.8 Å². The van der Waals surface area contributed by atoms with Crippen molar-refractivity contribution in [2.45, 2.75) is 23.8 Å². The summed E-state index contributed by atoms with van der Waals surface area (Å²) in [6.07, 6.45) is 1.30. The van der Waals surface area contributed by atoms with E-state index in [1.54, 1.807) is 6.07 Å². The number of benzene rings is 1. The molecule has 1 aromatic rings. The summed E-state index contributed by atoms with van der Waals surface area (Å²) in [5.41, 5.74) is -0.438. The van der Waals surface area contributed by atoms with Gasteiger partial charge in [0.15, 0.2) is 0 Å². The Hall–Kier alpha value is -1.49. The van der Waals surface area contributed by atoms with E-state index in [1.807, 2.05) is 0 Å². The van der Waals surface area contributed by atoms with Crippen LogP contribution in [0.15, 0.2) is 23.1 Å². The molecule has 5 nitrogen and oxygen atoms in total. The molecule has 1 saturated heterocycles. The first-order valence-corrected chi connectivity index (χ1v) is 7.66. The van der Waals surface area contributed by atoms with Crippen LogP contribution in [0.2, 0.25) is 0 Å². The monoisotopic (exact) mass is 298 g/mol. The van der Waals surface area contributed by atoms with Crippen molar-refractivity contribution in [3.05, 3.63) is 29.6 Å². The quantitative estimate of drug-likeness (QED) is 0.848. The molecule has 0 bridgehead atoms. The Morgan fingerprint density at radius 3 is 2.90 bits per heavy atom. The maximum atomic E-state index is 13.6. The van der Waals surface area contributed by atoms with Crippen LogP contribution in [0.1, 0.15) is 18.4 Å². The average Bonchev–Trinajstić information content (AvgIpc) is 2.47. The summed E-state index contributed by atoms with van der Waals surface area (Å²) in [4.78, 5) is -0.281. The molecule has 0 N–H and O–H groups in total. The van der Waals surface area contributed by atoms with Gasteiger partial charge in [-0.25, -0.2) is 12.8 Å². The van der Waals surface area contributed by atoms with Gasteiger partial charge in [0.1, 0.15) is 22.3 Å². The molecule has 1 unspecified atom stereocenters. The summed E-state index contributed by atoms with van der Waals surface area (Å²) >= 11 is 0. The first-order chi connectivity index (χ1) is 9.50. The Kier molecular flexibility index (Phi) is 4.38. The van der Waals surface area contributed by atoms with E-state index in [2.05, 4.69) is 0 Å². The number of nitrogens with zero attached hydrogens (tertiary/aromatic N) is 2. The van der Waals surface area contributed by atoms with Crippen molar-refractivity contribution in [1.82, 2.24) is 4.31 Å². The maximum Gasteiger partial charge on any atom is 0.244 e. The highest BCUT2D eigenvalue weighted by Gasteiger charge is 2.32. The molecule has 0 aliphatic carbocycles. The third-order valence-corrected chi connectivity index (χ3v) is 5.29. The topological polar surface area (TPSA) is 70.4 Å². The second-order valence-corrected chi connectivity index (χ2v) is 6.49. The van der Waals surface area contributed by atoms with Gasteiger partial charge in [0, 0.05) is 20.2 Å². The Morgan fingerprint density at radius 1 is 1.50 bits per heavy atom. The summed E-state index contributed by atoms with van der Waals surface area (Å²) in [7, 11) is -2.35. The van der Waals surface area contributed by atoms with Crippen LogP contribution in [0.5, 0.6) is 0 Å². The standard InChI is InChI=1S/C13H15FN2O3S/c1-19-10-4-3-7-16(9-10)20(17,18)13-6-2-5-12(14)11(13)8-15/h2,5-6,10H,3-4,7,9H2,1H3. The zero-order chi connectivity index (χ0) is 14.8. The molecule has 1 aliphatic rings. The van der Waals surface area contributed by atoms with E-state index in [9.17, 15) is 12.8 Å². The summed E-state index contributed by atoms with van der Waals surface area (Å²) in [5, 5.41) is 8.96. The third-order valence-electron chi connectivity index (χ3n) is 3.38. The molecule has 1 atom stereocenters. The predicted molar refractivity (Wildman–Crippen MR) is 69.9 cm³/mol. The minimum absolute atomic E-state index is 0.169. The highest BCUT2D eigenvalue weighted by Crippen LogP contribution is 2.25. The van der Waals surface area contributed by atoms with Gasteiger partial charge in [0.2, 0.25) is 10.0 Å². The van der Waals surface area contributed by atoms with Crippen LogP contribution in [0.3, 0.4) is 0 Å². The highest BCUT2D eigenvalue weighted by atomic mass is 32.2. The zero-order valence-corrected chi connectivity index (χ0v) is 11.9. The maximum absolute atomic E-state index is 13.6. The number of hydrogen-bond acceptors (Lipinski definition) is 4. The Bertz CT molecular complexity index is 640. The molecule has 1 aromatic carbocycles. The van der Waals surface area contributed by atoms with Crippen molar-refractivity contribution in [2.75, 3.05) is 20.2 Å². The van der Waals surface area contributed by atoms with Crippen molar-refractivity contribution in [3.8, 4) is 6.07 Å². The molecule has 0 spiro atoms. The molecular weight excluding hydrogens is 283 g/mol. The first kappa shape index (κ1) is 14.9. The molecule has 1 fully saturated rings. The summed E-state index contributed by atoms with van der Waals surface area (Å²) in [6, 6.07) is 5.25. The van der Waals surface area contributed by atoms with E-state index in [4.69, 9.17) is 10.00 Å². The largest absolute Gasteiger partial charge is 0.380 e. The average molecular weight is 298 g/mol. The lowest BCUT2D eigenvalue weighted by Crippen LogP contribution is -2.43. The van der Waals surface area contributed by atoms with Gasteiger partial charge in [0.25, 0.3) is 0 Å². The van der Waals surface area contributed by atoms with E-state index in [-0.39, 0.29) is 17.5 Å². The van der Waals surface area contributed by atoms with Crippen LogP contribution in [0.25, 0.3) is 0 Å². The van der Waals surface area contributed by atoms with Crippen LogP contribution >= 0.6 is 0 Å². The number of methoxy groups -OCH3 is 1. The van der Waals surface area contributed by atoms with Crippen LogP contribution in [0.4, 0.5) is 4.39 Å². The van der Waals surface area contributed by atoms with Gasteiger partial charge < -0.3 is 4.74 Å². The van der Waals surface area contributed by atoms with Crippen LogP contribution in [-0.4, -0.2) is 39.0 Å². The Labute approximate surface area is 117 Å². The van der Waals surface area contributed by atoms with E-state index < -0.39 is 21.4 Å². The van der Waals surface area contributed by atoms with E-state index in [0.717, 1.165) is 12.5 Å². The second kappa shape index (κ2) is 5.87. The van der Waals surface area contributed by atoms with Gasteiger partial charge in [-0.1, -0.05) is 6.07 Å². The van der Waals surface area contributed by atoms with Crippen molar-refractivity contribution in [1.29, 1.82) is 5.26 Å². The minimum atomic E-state index is -3.88. The van der Waals surface area contributed by atoms with E-state index in [0.29, 0.717) is 13.0 Å². The molecule has 0 amide bonds. The SMILES string of the molecule is COC1CCCN(S(=O)(=O)c2cccc(F)c2C#N)C1. The molecule has 20 heavy (non-hydrogen) atoms. The number of rotatable bonds is 3. The molecule has 108 valence electrons. The smallest absolute Gasteiger partial charge is 0.244 e. The molecule has 2 rings (SSSR count).